The number of likely N-dealkylation sites (tertiary alicyclic amines) is 1. The number of allylic oxidation sites excluding steroid dienone is 2. The van der Waals surface area contributed by atoms with Crippen molar-refractivity contribution >= 4 is 29.2 Å². The maximum absolute atomic E-state index is 13.5. The minimum atomic E-state index is -0.883. The summed E-state index contributed by atoms with van der Waals surface area (Å²) in [7, 11) is 0. The lowest BCUT2D eigenvalue weighted by molar-refractivity contribution is -0.384. The van der Waals surface area contributed by atoms with Gasteiger partial charge < -0.3 is 10.6 Å². The van der Waals surface area contributed by atoms with Gasteiger partial charge in [-0.25, -0.2) is 4.79 Å². The van der Waals surface area contributed by atoms with E-state index < -0.39 is 17.1 Å². The molecule has 6 rings (SSSR count). The van der Waals surface area contributed by atoms with Gasteiger partial charge in [-0.1, -0.05) is 48.6 Å². The zero-order valence-corrected chi connectivity index (χ0v) is 18.3. The van der Waals surface area contributed by atoms with Gasteiger partial charge in [-0.2, -0.15) is 0 Å². The van der Waals surface area contributed by atoms with E-state index in [-0.39, 0.29) is 53.3 Å². The zero-order valence-electron chi connectivity index (χ0n) is 18.3. The number of nitrogens with one attached hydrogen (secondary N) is 2. The van der Waals surface area contributed by atoms with E-state index in [0.29, 0.717) is 0 Å². The van der Waals surface area contributed by atoms with Crippen molar-refractivity contribution in [1.82, 2.24) is 10.2 Å². The Balaban J connectivity index is 1.39. The molecule has 0 aromatic heterocycles. The second-order valence-electron chi connectivity index (χ2n) is 9.00. The molecule has 1 saturated carbocycles. The number of carbonyl (C=O) groups is 3. The zero-order chi connectivity index (χ0) is 23.8. The van der Waals surface area contributed by atoms with Crippen molar-refractivity contribution in [2.24, 2.45) is 23.7 Å². The molecule has 2 bridgehead atoms. The molecule has 174 valence electrons. The molecule has 1 aliphatic heterocycles. The predicted molar refractivity (Wildman–Crippen MR) is 123 cm³/mol. The van der Waals surface area contributed by atoms with Crippen LogP contribution in [0.2, 0.25) is 0 Å². The molecule has 4 aliphatic rings. The topological polar surface area (TPSA) is 122 Å². The van der Waals surface area contributed by atoms with Crippen LogP contribution in [0.5, 0.6) is 0 Å². The second kappa shape index (κ2) is 8.74. The fraction of sp³-hybridized carbons (Fsp3) is 0.320. The van der Waals surface area contributed by atoms with Crippen molar-refractivity contribution < 1.29 is 19.3 Å². The average Bonchev–Trinajstić information content (AvgIpc) is 3.12. The molecule has 2 aromatic carbocycles. The molecular formula is C25H24N4O5. The van der Waals surface area contributed by atoms with Crippen LogP contribution in [0.15, 0.2) is 66.7 Å². The highest BCUT2D eigenvalue weighted by atomic mass is 16.6. The van der Waals surface area contributed by atoms with Crippen molar-refractivity contribution in [3.63, 3.8) is 0 Å². The number of fused-ring (bicyclic) bond motifs is 1. The third-order valence-electron chi connectivity index (χ3n) is 6.99. The molecule has 1 saturated heterocycles. The van der Waals surface area contributed by atoms with Crippen molar-refractivity contribution in [3.8, 4) is 0 Å². The largest absolute Gasteiger partial charge is 0.320 e. The number of nitrogens with zero attached hydrogens (tertiary/aromatic N) is 2. The van der Waals surface area contributed by atoms with Gasteiger partial charge in [-0.3, -0.25) is 24.6 Å². The summed E-state index contributed by atoms with van der Waals surface area (Å²) in [6.07, 6.45) is 5.25. The van der Waals surface area contributed by atoms with Gasteiger partial charge in [0.1, 0.15) is 6.17 Å². The quantitative estimate of drug-likeness (QED) is 0.296. The van der Waals surface area contributed by atoms with Crippen LogP contribution in [0.1, 0.15) is 18.4 Å². The number of nitro benzene ring substituents is 1. The van der Waals surface area contributed by atoms with E-state index in [9.17, 15) is 24.5 Å². The normalized spacial score (nSPS) is 25.7. The van der Waals surface area contributed by atoms with Gasteiger partial charge in [0.2, 0.25) is 11.8 Å². The Kier molecular flexibility index (Phi) is 5.61. The van der Waals surface area contributed by atoms with Gasteiger partial charge >= 0.3 is 6.03 Å². The Bertz CT molecular complexity index is 1150. The molecule has 34 heavy (non-hydrogen) atoms. The Hall–Kier alpha value is -4.01. The number of benzene rings is 2. The first-order valence-corrected chi connectivity index (χ1v) is 11.3. The highest BCUT2D eigenvalue weighted by molar-refractivity contribution is 6.06. The number of rotatable bonds is 6. The molecule has 5 atom stereocenters. The third kappa shape index (κ3) is 3.93. The average molecular weight is 460 g/mol. The van der Waals surface area contributed by atoms with Crippen LogP contribution in [0.4, 0.5) is 16.2 Å². The van der Waals surface area contributed by atoms with E-state index >= 15 is 0 Å². The lowest BCUT2D eigenvalue weighted by atomic mass is 9.63. The molecule has 3 aliphatic carbocycles. The van der Waals surface area contributed by atoms with Crippen molar-refractivity contribution in [2.75, 3.05) is 5.32 Å². The molecule has 2 N–H and O–H groups in total. The van der Waals surface area contributed by atoms with Crippen LogP contribution in [0, 0.1) is 33.8 Å². The number of nitro groups is 1. The first-order valence-electron chi connectivity index (χ1n) is 11.3. The standard InChI is InChI=1S/C25H24N4O5/c30-23-21-16-9-10-17(12-11-16)22(21)24(31)28(23)20(13-15-5-2-1-3-6-15)27-25(32)26-18-7-4-8-19(14-18)29(33)34/h1-10,14,16-17,20-22H,11-13H2,(H2,26,27,32)/t16-,17-,20-,21-,22+/m0/s1. The lowest BCUT2D eigenvalue weighted by Crippen LogP contribution is -2.53. The van der Waals surface area contributed by atoms with Gasteiger partial charge in [-0.05, 0) is 36.3 Å². The van der Waals surface area contributed by atoms with E-state index in [0.717, 1.165) is 18.4 Å². The molecule has 9 nitrogen and oxygen atoms in total. The van der Waals surface area contributed by atoms with Crippen molar-refractivity contribution in [2.45, 2.75) is 25.4 Å². The summed E-state index contributed by atoms with van der Waals surface area (Å²) in [6.45, 7) is 0. The molecule has 4 amide bonds. The van der Waals surface area contributed by atoms with Crippen LogP contribution in [0.3, 0.4) is 0 Å². The number of non-ortho nitro benzene ring substituents is 1. The van der Waals surface area contributed by atoms with E-state index in [1.165, 1.54) is 29.2 Å². The van der Waals surface area contributed by atoms with Gasteiger partial charge in [0.25, 0.3) is 5.69 Å². The Morgan fingerprint density at radius 2 is 1.65 bits per heavy atom. The first kappa shape index (κ1) is 21.8. The summed E-state index contributed by atoms with van der Waals surface area (Å²) in [4.78, 5) is 51.5. The summed E-state index contributed by atoms with van der Waals surface area (Å²) < 4.78 is 0. The fourth-order valence-electron chi connectivity index (χ4n) is 5.46. The van der Waals surface area contributed by atoms with Crippen molar-refractivity contribution in [1.29, 1.82) is 0 Å². The van der Waals surface area contributed by atoms with Gasteiger partial charge in [0.15, 0.2) is 0 Å². The molecular weight excluding hydrogens is 436 g/mol. The van der Waals surface area contributed by atoms with Crippen LogP contribution >= 0.6 is 0 Å². The maximum atomic E-state index is 13.5. The second-order valence-corrected chi connectivity index (χ2v) is 9.00. The highest BCUT2D eigenvalue weighted by Crippen LogP contribution is 2.50. The van der Waals surface area contributed by atoms with Gasteiger partial charge in [0.05, 0.1) is 16.8 Å². The number of anilines is 1. The van der Waals surface area contributed by atoms with Gasteiger partial charge in [-0.15, -0.1) is 0 Å². The molecule has 1 heterocycles. The first-order chi connectivity index (χ1) is 16.4. The van der Waals surface area contributed by atoms with Crippen LogP contribution < -0.4 is 10.6 Å². The minimum absolute atomic E-state index is 0.0486. The maximum Gasteiger partial charge on any atom is 0.320 e. The highest BCUT2D eigenvalue weighted by Gasteiger charge is 2.58. The number of hydrogen-bond acceptors (Lipinski definition) is 5. The summed E-state index contributed by atoms with van der Waals surface area (Å²) >= 11 is 0. The van der Waals surface area contributed by atoms with E-state index in [2.05, 4.69) is 22.8 Å². The molecule has 2 aromatic rings. The fourth-order valence-corrected chi connectivity index (χ4v) is 5.46. The van der Waals surface area contributed by atoms with Crippen LogP contribution in [-0.2, 0) is 16.0 Å². The van der Waals surface area contributed by atoms with E-state index in [1.807, 2.05) is 30.3 Å². The molecule has 9 heteroatoms. The number of urea groups is 1. The third-order valence-corrected chi connectivity index (χ3v) is 6.99. The number of carbonyl (C=O) groups excluding carboxylic acids is 3. The summed E-state index contributed by atoms with van der Waals surface area (Å²) in [5.74, 6) is -1.15. The molecule has 2 fully saturated rings. The Labute approximate surface area is 196 Å². The summed E-state index contributed by atoms with van der Waals surface area (Å²) in [6, 6.07) is 14.2. The molecule has 0 unspecified atom stereocenters. The lowest BCUT2D eigenvalue weighted by Gasteiger charge is -2.38. The number of hydrogen-bond donors (Lipinski definition) is 2. The van der Waals surface area contributed by atoms with E-state index in [1.54, 1.807) is 0 Å². The minimum Gasteiger partial charge on any atom is -0.317 e. The van der Waals surface area contributed by atoms with Crippen LogP contribution in [-0.4, -0.2) is 33.8 Å². The molecule has 0 radical (unpaired) electrons. The number of imide groups is 1. The SMILES string of the molecule is O=C(Nc1cccc([N+](=O)[O-])c1)N[C@H](Cc1ccccc1)N1C(=O)[C@@H]2[C@H](C1=O)[C@H]1C=C[C@H]2CC1. The summed E-state index contributed by atoms with van der Waals surface area (Å²) in [5, 5.41) is 16.4. The van der Waals surface area contributed by atoms with E-state index in [4.69, 9.17) is 0 Å². The smallest absolute Gasteiger partial charge is 0.317 e. The van der Waals surface area contributed by atoms with Gasteiger partial charge in [0, 0.05) is 24.2 Å². The monoisotopic (exact) mass is 460 g/mol. The van der Waals surface area contributed by atoms with Crippen molar-refractivity contribution in [3.05, 3.63) is 82.4 Å². The van der Waals surface area contributed by atoms with Crippen LogP contribution in [0.25, 0.3) is 0 Å². The number of amides is 4. The predicted octanol–water partition coefficient (Wildman–Crippen LogP) is 3.48. The summed E-state index contributed by atoms with van der Waals surface area (Å²) in [5.41, 5.74) is 0.940. The Morgan fingerprint density at radius 1 is 1.00 bits per heavy atom. The Morgan fingerprint density at radius 3 is 2.24 bits per heavy atom. The molecule has 0 spiro atoms.